The molecule has 1 atom stereocenters. The number of nitrogens with two attached hydrogens (primary N) is 1. The van der Waals surface area contributed by atoms with Gasteiger partial charge in [-0.15, -0.1) is 0 Å². The molecule has 0 aliphatic carbocycles. The molecule has 0 spiro atoms. The number of rotatable bonds is 8. The highest BCUT2D eigenvalue weighted by Crippen LogP contribution is 2.47. The molecule has 0 saturated heterocycles. The van der Waals surface area contributed by atoms with Crippen molar-refractivity contribution in [2.45, 2.75) is 17.4 Å². The van der Waals surface area contributed by atoms with Gasteiger partial charge < -0.3 is 18.9 Å². The first-order valence-electron chi connectivity index (χ1n) is 10.7. The van der Waals surface area contributed by atoms with Gasteiger partial charge in [0.2, 0.25) is 15.8 Å². The van der Waals surface area contributed by atoms with E-state index in [1.165, 1.54) is 12.1 Å². The van der Waals surface area contributed by atoms with Gasteiger partial charge in [0, 0.05) is 12.0 Å². The van der Waals surface area contributed by atoms with Crippen LogP contribution in [0.25, 0.3) is 0 Å². The van der Waals surface area contributed by atoms with Crippen LogP contribution in [0.2, 0.25) is 0 Å². The van der Waals surface area contributed by atoms with Gasteiger partial charge in [0.05, 0.1) is 50.8 Å². The summed E-state index contributed by atoms with van der Waals surface area (Å²) in [6.07, 6.45) is 0.565. The normalized spacial score (nSPS) is 15.5. The summed E-state index contributed by atoms with van der Waals surface area (Å²) in [5.74, 6) is 2.32. The highest BCUT2D eigenvalue weighted by atomic mass is 32.2. The topological polar surface area (TPSA) is 113 Å². The smallest absolute Gasteiger partial charge is 0.238 e. The lowest BCUT2D eigenvalue weighted by molar-refractivity contribution is 0.321. The van der Waals surface area contributed by atoms with E-state index < -0.39 is 10.0 Å². The molecule has 0 fully saturated rings. The minimum atomic E-state index is -3.81. The summed E-state index contributed by atoms with van der Waals surface area (Å²) in [6.45, 7) is 0. The number of nitrogens with zero attached hydrogens (tertiary/aromatic N) is 2. The van der Waals surface area contributed by atoms with Crippen LogP contribution < -0.4 is 29.1 Å². The number of sulfonamides is 1. The number of ether oxygens (including phenoxy) is 4. The molecule has 0 radical (unpaired) electrons. The van der Waals surface area contributed by atoms with E-state index in [9.17, 15) is 8.42 Å². The Labute approximate surface area is 204 Å². The Morgan fingerprint density at radius 2 is 1.49 bits per heavy atom. The third-order valence-corrected chi connectivity index (χ3v) is 6.79. The standard InChI is InChI=1S/C25H27N3O6S/c1-31-18-9-5-16(6-10-18)21-15-22(20-13-14-23(32-2)25(34-4)24(20)33-3)28(27-21)17-7-11-19(12-8-17)35(26,29)30/h5-14,22H,15H2,1-4H3,(H2,26,29,30). The van der Waals surface area contributed by atoms with Gasteiger partial charge in [0.1, 0.15) is 5.75 Å². The Hall–Kier alpha value is -3.76. The second kappa shape index (κ2) is 9.85. The van der Waals surface area contributed by atoms with E-state index in [1.54, 1.807) is 40.6 Å². The fourth-order valence-corrected chi connectivity index (χ4v) is 4.64. The molecular formula is C25H27N3O6S. The van der Waals surface area contributed by atoms with E-state index in [0.29, 0.717) is 29.4 Å². The van der Waals surface area contributed by atoms with Crippen LogP contribution in [0.3, 0.4) is 0 Å². The molecule has 1 aliphatic heterocycles. The third-order valence-electron chi connectivity index (χ3n) is 5.86. The monoisotopic (exact) mass is 497 g/mol. The molecule has 3 aromatic rings. The van der Waals surface area contributed by atoms with Gasteiger partial charge >= 0.3 is 0 Å². The van der Waals surface area contributed by atoms with E-state index in [4.69, 9.17) is 29.2 Å². The maximum atomic E-state index is 11.7. The SMILES string of the molecule is COc1ccc(C2=NN(c3ccc(S(N)(=O)=O)cc3)C(c3ccc(OC)c(OC)c3OC)C2)cc1. The Morgan fingerprint density at radius 3 is 2.03 bits per heavy atom. The molecular weight excluding hydrogens is 470 g/mol. The van der Waals surface area contributed by atoms with Crippen LogP contribution in [0.5, 0.6) is 23.0 Å². The Bertz CT molecular complexity index is 1340. The van der Waals surface area contributed by atoms with Gasteiger partial charge in [0.25, 0.3) is 0 Å². The van der Waals surface area contributed by atoms with Gasteiger partial charge in [-0.1, -0.05) is 0 Å². The first-order chi connectivity index (χ1) is 16.8. The van der Waals surface area contributed by atoms with Crippen LogP contribution in [0, 0.1) is 0 Å². The van der Waals surface area contributed by atoms with Crippen molar-refractivity contribution in [1.82, 2.24) is 0 Å². The zero-order valence-corrected chi connectivity index (χ0v) is 20.7. The molecule has 2 N–H and O–H groups in total. The zero-order valence-electron chi connectivity index (χ0n) is 19.9. The van der Waals surface area contributed by atoms with E-state index in [-0.39, 0.29) is 10.9 Å². The summed E-state index contributed by atoms with van der Waals surface area (Å²) in [4.78, 5) is 0.0278. The van der Waals surface area contributed by atoms with Crippen molar-refractivity contribution in [2.24, 2.45) is 10.2 Å². The molecule has 1 unspecified atom stereocenters. The molecule has 0 bridgehead atoms. The molecule has 0 saturated carbocycles. The average molecular weight is 498 g/mol. The fraction of sp³-hybridized carbons (Fsp3) is 0.240. The predicted octanol–water partition coefficient (Wildman–Crippen LogP) is 3.72. The minimum absolute atomic E-state index is 0.0278. The van der Waals surface area contributed by atoms with Crippen molar-refractivity contribution in [3.8, 4) is 23.0 Å². The van der Waals surface area contributed by atoms with Crippen molar-refractivity contribution in [3.05, 3.63) is 71.8 Å². The number of hydrogen-bond donors (Lipinski definition) is 1. The van der Waals surface area contributed by atoms with Gasteiger partial charge in [0.15, 0.2) is 11.5 Å². The van der Waals surface area contributed by atoms with Crippen molar-refractivity contribution >= 4 is 21.4 Å². The van der Waals surface area contributed by atoms with Crippen LogP contribution in [-0.2, 0) is 10.0 Å². The lowest BCUT2D eigenvalue weighted by atomic mass is 9.96. The molecule has 3 aromatic carbocycles. The Kier molecular flexibility index (Phi) is 6.86. The molecule has 4 rings (SSSR count). The van der Waals surface area contributed by atoms with E-state index in [1.807, 2.05) is 41.4 Å². The highest BCUT2D eigenvalue weighted by molar-refractivity contribution is 7.89. The molecule has 10 heteroatoms. The van der Waals surface area contributed by atoms with Crippen LogP contribution in [0.15, 0.2) is 70.7 Å². The van der Waals surface area contributed by atoms with Gasteiger partial charge in [-0.3, -0.25) is 5.01 Å². The van der Waals surface area contributed by atoms with E-state index >= 15 is 0 Å². The summed E-state index contributed by atoms with van der Waals surface area (Å²) in [5, 5.41) is 12.0. The van der Waals surface area contributed by atoms with Crippen LogP contribution in [-0.4, -0.2) is 42.6 Å². The average Bonchev–Trinajstić information content (AvgIpc) is 3.32. The highest BCUT2D eigenvalue weighted by Gasteiger charge is 2.34. The lowest BCUT2D eigenvalue weighted by Gasteiger charge is -2.26. The summed E-state index contributed by atoms with van der Waals surface area (Å²) in [6, 6.07) is 17.4. The van der Waals surface area contributed by atoms with Crippen molar-refractivity contribution in [3.63, 3.8) is 0 Å². The number of primary sulfonamides is 1. The number of benzene rings is 3. The summed E-state index contributed by atoms with van der Waals surface area (Å²) < 4.78 is 45.5. The Morgan fingerprint density at radius 1 is 0.829 bits per heavy atom. The Balaban J connectivity index is 1.82. The second-order valence-electron chi connectivity index (χ2n) is 7.80. The maximum absolute atomic E-state index is 11.7. The molecule has 0 amide bonds. The van der Waals surface area contributed by atoms with Crippen molar-refractivity contribution < 1.29 is 27.4 Å². The number of methoxy groups -OCH3 is 4. The molecule has 9 nitrogen and oxygen atoms in total. The molecule has 35 heavy (non-hydrogen) atoms. The molecule has 0 aromatic heterocycles. The fourth-order valence-electron chi connectivity index (χ4n) is 4.12. The summed E-state index contributed by atoms with van der Waals surface area (Å²) >= 11 is 0. The van der Waals surface area contributed by atoms with Crippen LogP contribution in [0.4, 0.5) is 5.69 Å². The third kappa shape index (κ3) is 4.75. The summed E-state index contributed by atoms with van der Waals surface area (Å²) in [5.41, 5.74) is 3.33. The van der Waals surface area contributed by atoms with Gasteiger partial charge in [-0.25, -0.2) is 13.6 Å². The predicted molar refractivity (Wildman–Crippen MR) is 133 cm³/mol. The zero-order chi connectivity index (χ0) is 25.2. The summed E-state index contributed by atoms with van der Waals surface area (Å²) in [7, 11) is 2.51. The first-order valence-corrected chi connectivity index (χ1v) is 12.3. The molecule has 184 valence electrons. The molecule has 1 heterocycles. The van der Waals surface area contributed by atoms with E-state index in [0.717, 1.165) is 22.6 Å². The van der Waals surface area contributed by atoms with E-state index in [2.05, 4.69) is 0 Å². The molecule has 1 aliphatic rings. The quantitative estimate of drug-likeness (QED) is 0.505. The largest absolute Gasteiger partial charge is 0.497 e. The van der Waals surface area contributed by atoms with Gasteiger partial charge in [-0.05, 0) is 66.2 Å². The van der Waals surface area contributed by atoms with Crippen molar-refractivity contribution in [2.75, 3.05) is 33.4 Å². The van der Waals surface area contributed by atoms with Gasteiger partial charge in [-0.2, -0.15) is 5.10 Å². The number of hydrazone groups is 1. The van der Waals surface area contributed by atoms with Crippen LogP contribution in [0.1, 0.15) is 23.6 Å². The van der Waals surface area contributed by atoms with Crippen molar-refractivity contribution in [1.29, 1.82) is 0 Å². The second-order valence-corrected chi connectivity index (χ2v) is 9.36. The number of anilines is 1. The van der Waals surface area contributed by atoms with Crippen LogP contribution >= 0.6 is 0 Å². The lowest BCUT2D eigenvalue weighted by Crippen LogP contribution is -2.20. The first kappa shape index (κ1) is 24.4. The maximum Gasteiger partial charge on any atom is 0.238 e. The minimum Gasteiger partial charge on any atom is -0.497 e. The number of hydrogen-bond acceptors (Lipinski definition) is 8.